The van der Waals surface area contributed by atoms with Crippen molar-refractivity contribution in [3.05, 3.63) is 56.8 Å². The van der Waals surface area contributed by atoms with Gasteiger partial charge >= 0.3 is 0 Å². The lowest BCUT2D eigenvalue weighted by atomic mass is 10.1. The Bertz CT molecular complexity index is 585. The van der Waals surface area contributed by atoms with Gasteiger partial charge in [-0.1, -0.05) is 53.0 Å². The van der Waals surface area contributed by atoms with Gasteiger partial charge in [0.25, 0.3) is 0 Å². The number of ether oxygens (including phenoxy) is 1. The van der Waals surface area contributed by atoms with E-state index in [9.17, 15) is 0 Å². The monoisotopic (exact) mass is 295 g/mol. The van der Waals surface area contributed by atoms with Crippen molar-refractivity contribution in [3.63, 3.8) is 0 Å². The summed E-state index contributed by atoms with van der Waals surface area (Å²) < 4.78 is 5.77. The minimum atomic E-state index is 0.435. The average molecular weight is 296 g/mol. The van der Waals surface area contributed by atoms with Gasteiger partial charge in [-0.05, 0) is 26.3 Å². The lowest BCUT2D eigenvalue weighted by Gasteiger charge is -2.13. The predicted octanol–water partition coefficient (Wildman–Crippen LogP) is 4.89. The van der Waals surface area contributed by atoms with Crippen LogP contribution in [0.25, 0.3) is 0 Å². The molecule has 0 aliphatic rings. The summed E-state index contributed by atoms with van der Waals surface area (Å²) in [4.78, 5) is 4.26. The third kappa shape index (κ3) is 3.20. The van der Waals surface area contributed by atoms with Gasteiger partial charge in [-0.2, -0.15) is 0 Å². The van der Waals surface area contributed by atoms with Crippen LogP contribution in [0.5, 0.6) is 5.75 Å². The number of aromatic nitrogens is 1. The lowest BCUT2D eigenvalue weighted by Crippen LogP contribution is -2.00. The van der Waals surface area contributed by atoms with Crippen LogP contribution in [0, 0.1) is 20.8 Å². The molecular weight excluding hydrogens is 281 g/mol. The number of hydrogen-bond acceptors (Lipinski definition) is 2. The highest BCUT2D eigenvalue weighted by Crippen LogP contribution is 2.36. The molecule has 2 rings (SSSR count). The first-order valence-electron chi connectivity index (χ1n) is 5.99. The molecular formula is C15H15Cl2NO. The second-order valence-corrected chi connectivity index (χ2v) is 5.27. The topological polar surface area (TPSA) is 22.1 Å². The number of halogens is 2. The molecule has 0 unspecified atom stereocenters. The van der Waals surface area contributed by atoms with E-state index < -0.39 is 0 Å². The van der Waals surface area contributed by atoms with E-state index in [0.717, 1.165) is 17.0 Å². The fourth-order valence-electron chi connectivity index (χ4n) is 1.86. The first kappa shape index (κ1) is 14.2. The van der Waals surface area contributed by atoms with E-state index in [4.69, 9.17) is 27.9 Å². The number of benzene rings is 1. The van der Waals surface area contributed by atoms with Crippen molar-refractivity contribution in [3.8, 4) is 5.75 Å². The fourth-order valence-corrected chi connectivity index (χ4v) is 2.29. The van der Waals surface area contributed by atoms with Crippen LogP contribution in [0.15, 0.2) is 24.3 Å². The van der Waals surface area contributed by atoms with Crippen LogP contribution < -0.4 is 4.74 Å². The van der Waals surface area contributed by atoms with Gasteiger partial charge in [-0.25, -0.2) is 0 Å². The maximum Gasteiger partial charge on any atom is 0.160 e. The minimum Gasteiger partial charge on any atom is -0.486 e. The van der Waals surface area contributed by atoms with Crippen LogP contribution >= 0.6 is 23.2 Å². The van der Waals surface area contributed by atoms with Crippen LogP contribution in [-0.2, 0) is 6.61 Å². The number of rotatable bonds is 3. The van der Waals surface area contributed by atoms with Crippen molar-refractivity contribution in [1.82, 2.24) is 4.98 Å². The zero-order chi connectivity index (χ0) is 14.0. The van der Waals surface area contributed by atoms with Gasteiger partial charge in [0.15, 0.2) is 5.75 Å². The standard InChI is InChI=1S/C15H15Cl2NO/c1-9-5-4-6-12(7-9)8-19-15-13(16)10(2)18-11(3)14(15)17/h4-7H,8H2,1-3H3. The van der Waals surface area contributed by atoms with Crippen LogP contribution in [-0.4, -0.2) is 4.98 Å². The molecule has 19 heavy (non-hydrogen) atoms. The fraction of sp³-hybridized carbons (Fsp3) is 0.267. The number of aryl methyl sites for hydroxylation is 3. The molecule has 0 N–H and O–H groups in total. The molecule has 0 spiro atoms. The summed E-state index contributed by atoms with van der Waals surface area (Å²) in [6.07, 6.45) is 0. The van der Waals surface area contributed by atoms with E-state index >= 15 is 0 Å². The normalized spacial score (nSPS) is 10.6. The van der Waals surface area contributed by atoms with Crippen LogP contribution in [0.2, 0.25) is 10.0 Å². The van der Waals surface area contributed by atoms with Crippen molar-refractivity contribution in [2.75, 3.05) is 0 Å². The smallest absolute Gasteiger partial charge is 0.160 e. The Balaban J connectivity index is 2.25. The van der Waals surface area contributed by atoms with Crippen molar-refractivity contribution >= 4 is 23.2 Å². The maximum absolute atomic E-state index is 6.20. The molecule has 100 valence electrons. The van der Waals surface area contributed by atoms with Gasteiger partial charge in [0, 0.05) is 0 Å². The summed E-state index contributed by atoms with van der Waals surface area (Å²) in [6.45, 7) is 6.16. The SMILES string of the molecule is Cc1cccc(COc2c(Cl)c(C)nc(C)c2Cl)c1. The molecule has 0 bridgehead atoms. The van der Waals surface area contributed by atoms with Gasteiger partial charge < -0.3 is 4.74 Å². The highest BCUT2D eigenvalue weighted by molar-refractivity contribution is 6.37. The third-order valence-electron chi connectivity index (χ3n) is 2.84. The Hall–Kier alpha value is -1.25. The predicted molar refractivity (Wildman–Crippen MR) is 79.2 cm³/mol. The van der Waals surface area contributed by atoms with Gasteiger partial charge in [-0.3, -0.25) is 4.98 Å². The van der Waals surface area contributed by atoms with Crippen molar-refractivity contribution in [2.45, 2.75) is 27.4 Å². The molecule has 0 radical (unpaired) electrons. The van der Waals surface area contributed by atoms with E-state index in [1.54, 1.807) is 0 Å². The van der Waals surface area contributed by atoms with Crippen LogP contribution in [0.4, 0.5) is 0 Å². The number of hydrogen-bond donors (Lipinski definition) is 0. The van der Waals surface area contributed by atoms with E-state index in [1.807, 2.05) is 39.0 Å². The Morgan fingerprint density at radius 3 is 2.26 bits per heavy atom. The molecule has 0 saturated heterocycles. The Morgan fingerprint density at radius 2 is 1.68 bits per heavy atom. The second-order valence-electron chi connectivity index (χ2n) is 4.52. The summed E-state index contributed by atoms with van der Waals surface area (Å²) in [5, 5.41) is 0.950. The molecule has 4 heteroatoms. The van der Waals surface area contributed by atoms with Gasteiger partial charge in [0.1, 0.15) is 16.7 Å². The molecule has 2 nitrogen and oxygen atoms in total. The average Bonchev–Trinajstić information content (AvgIpc) is 2.36. The highest BCUT2D eigenvalue weighted by Gasteiger charge is 2.14. The maximum atomic E-state index is 6.20. The molecule has 0 atom stereocenters. The zero-order valence-electron chi connectivity index (χ0n) is 11.1. The molecule has 0 saturated carbocycles. The van der Waals surface area contributed by atoms with E-state index in [1.165, 1.54) is 5.56 Å². The second kappa shape index (κ2) is 5.81. The van der Waals surface area contributed by atoms with E-state index in [0.29, 0.717) is 22.4 Å². The van der Waals surface area contributed by atoms with Crippen molar-refractivity contribution < 1.29 is 4.74 Å². The summed E-state index contributed by atoms with van der Waals surface area (Å²) in [5.41, 5.74) is 3.73. The van der Waals surface area contributed by atoms with Crippen molar-refractivity contribution in [2.24, 2.45) is 0 Å². The lowest BCUT2D eigenvalue weighted by molar-refractivity contribution is 0.305. The summed E-state index contributed by atoms with van der Waals surface area (Å²) in [7, 11) is 0. The zero-order valence-corrected chi connectivity index (χ0v) is 12.6. The molecule has 0 amide bonds. The Kier molecular flexibility index (Phi) is 4.33. The summed E-state index contributed by atoms with van der Waals surface area (Å²) >= 11 is 12.4. The van der Waals surface area contributed by atoms with Gasteiger partial charge in [0.05, 0.1) is 11.4 Å². The van der Waals surface area contributed by atoms with Gasteiger partial charge in [-0.15, -0.1) is 0 Å². The summed E-state index contributed by atoms with van der Waals surface area (Å²) in [6, 6.07) is 8.13. The number of pyridine rings is 1. The van der Waals surface area contributed by atoms with Gasteiger partial charge in [0.2, 0.25) is 0 Å². The van der Waals surface area contributed by atoms with E-state index in [2.05, 4.69) is 11.1 Å². The molecule has 1 aromatic carbocycles. The molecule has 0 aliphatic heterocycles. The molecule has 1 aromatic heterocycles. The van der Waals surface area contributed by atoms with Crippen molar-refractivity contribution in [1.29, 1.82) is 0 Å². The third-order valence-corrected chi connectivity index (χ3v) is 3.73. The quantitative estimate of drug-likeness (QED) is 0.804. The van der Waals surface area contributed by atoms with Crippen LogP contribution in [0.1, 0.15) is 22.5 Å². The molecule has 1 heterocycles. The van der Waals surface area contributed by atoms with Crippen LogP contribution in [0.3, 0.4) is 0 Å². The highest BCUT2D eigenvalue weighted by atomic mass is 35.5. The first-order valence-corrected chi connectivity index (χ1v) is 6.75. The summed E-state index contributed by atoms with van der Waals surface area (Å²) in [5.74, 6) is 0.509. The largest absolute Gasteiger partial charge is 0.486 e. The Labute approximate surface area is 123 Å². The minimum absolute atomic E-state index is 0.435. The molecule has 0 fully saturated rings. The molecule has 2 aromatic rings. The molecule has 0 aliphatic carbocycles. The van der Waals surface area contributed by atoms with E-state index in [-0.39, 0.29) is 0 Å². The number of nitrogens with zero attached hydrogens (tertiary/aromatic N) is 1. The Morgan fingerprint density at radius 1 is 1.05 bits per heavy atom. The first-order chi connectivity index (χ1) is 8.99.